The second-order valence-electron chi connectivity index (χ2n) is 7.65. The molecular weight excluding hydrogens is 420 g/mol. The van der Waals surface area contributed by atoms with Crippen molar-refractivity contribution in [1.29, 1.82) is 0 Å². The largest absolute Gasteiger partial charge is 0.481 e. The van der Waals surface area contributed by atoms with Gasteiger partial charge in [-0.2, -0.15) is 0 Å². The van der Waals surface area contributed by atoms with Gasteiger partial charge in [0.2, 0.25) is 5.91 Å². The summed E-state index contributed by atoms with van der Waals surface area (Å²) < 4.78 is 0. The van der Waals surface area contributed by atoms with E-state index in [0.29, 0.717) is 5.69 Å². The minimum atomic E-state index is -1.46. The van der Waals surface area contributed by atoms with Crippen LogP contribution in [0.25, 0.3) is 10.6 Å². The number of carboxylic acids is 2. The minimum absolute atomic E-state index is 0.110. The van der Waals surface area contributed by atoms with Gasteiger partial charge in [0.1, 0.15) is 11.0 Å². The molecule has 9 nitrogen and oxygen atoms in total. The van der Waals surface area contributed by atoms with Crippen LogP contribution in [0, 0.1) is 0 Å². The van der Waals surface area contributed by atoms with Crippen molar-refractivity contribution in [2.75, 3.05) is 33.2 Å². The van der Waals surface area contributed by atoms with Crippen LogP contribution in [0.5, 0.6) is 0 Å². The monoisotopic (exact) mass is 446 g/mol. The average molecular weight is 447 g/mol. The molecule has 1 amide bonds. The summed E-state index contributed by atoms with van der Waals surface area (Å²) in [5, 5.41) is 22.5. The molecule has 3 rings (SSSR count). The smallest absolute Gasteiger partial charge is 0.326 e. The third kappa shape index (κ3) is 6.84. The number of thiazole rings is 1. The van der Waals surface area contributed by atoms with E-state index in [0.717, 1.165) is 43.3 Å². The van der Waals surface area contributed by atoms with Crippen LogP contribution >= 0.6 is 11.3 Å². The van der Waals surface area contributed by atoms with Gasteiger partial charge in [-0.25, -0.2) is 9.78 Å². The van der Waals surface area contributed by atoms with Crippen molar-refractivity contribution in [3.63, 3.8) is 0 Å². The van der Waals surface area contributed by atoms with E-state index < -0.39 is 30.3 Å². The third-order valence-electron chi connectivity index (χ3n) is 5.11. The Bertz CT molecular complexity index is 922. The molecule has 2 aromatic rings. The standard InChI is InChI=1S/C21H26N4O5S/c1-24-6-8-25(9-7-24)12-14-2-4-15(5-3-14)20-22-16(13-31-20)10-18(26)23-17(21(29)30)11-19(27)28/h2-5,13,17H,6-12H2,1H3,(H,23,26)(H,27,28)(H,29,30). The van der Waals surface area contributed by atoms with E-state index in [1.165, 1.54) is 16.9 Å². The highest BCUT2D eigenvalue weighted by molar-refractivity contribution is 7.13. The number of carbonyl (C=O) groups is 3. The summed E-state index contributed by atoms with van der Waals surface area (Å²) in [4.78, 5) is 43.1. The molecule has 1 fully saturated rings. The van der Waals surface area contributed by atoms with Crippen molar-refractivity contribution in [2.24, 2.45) is 0 Å². The van der Waals surface area contributed by atoms with Gasteiger partial charge in [0.15, 0.2) is 0 Å². The predicted molar refractivity (Wildman–Crippen MR) is 116 cm³/mol. The van der Waals surface area contributed by atoms with E-state index in [-0.39, 0.29) is 6.42 Å². The molecule has 166 valence electrons. The number of hydrogen-bond acceptors (Lipinski definition) is 7. The number of nitrogens with zero attached hydrogens (tertiary/aromatic N) is 3. The molecule has 1 unspecified atom stereocenters. The van der Waals surface area contributed by atoms with Crippen LogP contribution in [0.15, 0.2) is 29.6 Å². The zero-order valence-corrected chi connectivity index (χ0v) is 18.1. The van der Waals surface area contributed by atoms with Crippen LogP contribution in [-0.2, 0) is 27.3 Å². The van der Waals surface area contributed by atoms with Gasteiger partial charge in [-0.15, -0.1) is 11.3 Å². The highest BCUT2D eigenvalue weighted by atomic mass is 32.1. The summed E-state index contributed by atoms with van der Waals surface area (Å²) in [6.45, 7) is 5.20. The molecule has 0 spiro atoms. The van der Waals surface area contributed by atoms with Gasteiger partial charge in [0.25, 0.3) is 0 Å². The highest BCUT2D eigenvalue weighted by Gasteiger charge is 2.23. The van der Waals surface area contributed by atoms with Crippen molar-refractivity contribution in [3.05, 3.63) is 40.9 Å². The van der Waals surface area contributed by atoms with Gasteiger partial charge >= 0.3 is 11.9 Å². The Morgan fingerprint density at radius 3 is 2.42 bits per heavy atom. The fourth-order valence-electron chi connectivity index (χ4n) is 3.32. The lowest BCUT2D eigenvalue weighted by atomic mass is 10.1. The molecule has 1 atom stereocenters. The van der Waals surface area contributed by atoms with Crippen molar-refractivity contribution in [3.8, 4) is 10.6 Å². The number of hydrogen-bond donors (Lipinski definition) is 3. The first-order valence-corrected chi connectivity index (χ1v) is 10.9. The number of likely N-dealkylation sites (N-methyl/N-ethyl adjacent to an activating group) is 1. The van der Waals surface area contributed by atoms with Gasteiger partial charge in [-0.1, -0.05) is 24.3 Å². The third-order valence-corrected chi connectivity index (χ3v) is 6.05. The van der Waals surface area contributed by atoms with Crippen LogP contribution in [0.3, 0.4) is 0 Å². The highest BCUT2D eigenvalue weighted by Crippen LogP contribution is 2.24. The fourth-order valence-corrected chi connectivity index (χ4v) is 4.15. The Labute approximate surface area is 184 Å². The zero-order valence-electron chi connectivity index (χ0n) is 17.3. The first kappa shape index (κ1) is 22.9. The Hall–Kier alpha value is -2.82. The van der Waals surface area contributed by atoms with E-state index in [2.05, 4.69) is 39.3 Å². The van der Waals surface area contributed by atoms with Crippen LogP contribution in [-0.4, -0.2) is 82.1 Å². The number of aromatic nitrogens is 1. The Kier molecular flexibility index (Phi) is 7.72. The summed E-state index contributed by atoms with van der Waals surface area (Å²) in [5.74, 6) is -3.25. The Morgan fingerprint density at radius 2 is 1.81 bits per heavy atom. The van der Waals surface area contributed by atoms with E-state index >= 15 is 0 Å². The van der Waals surface area contributed by atoms with Crippen LogP contribution in [0.4, 0.5) is 0 Å². The molecule has 2 heterocycles. The molecule has 0 radical (unpaired) electrons. The van der Waals surface area contributed by atoms with Gasteiger partial charge in [-0.3, -0.25) is 14.5 Å². The maximum atomic E-state index is 12.1. The molecule has 1 aliphatic heterocycles. The summed E-state index contributed by atoms with van der Waals surface area (Å²) >= 11 is 1.40. The summed E-state index contributed by atoms with van der Waals surface area (Å²) in [7, 11) is 2.14. The van der Waals surface area contributed by atoms with Gasteiger partial charge in [-0.05, 0) is 12.6 Å². The van der Waals surface area contributed by atoms with Crippen LogP contribution < -0.4 is 5.32 Å². The normalized spacial score (nSPS) is 16.0. The molecule has 3 N–H and O–H groups in total. The number of nitrogens with one attached hydrogen (secondary N) is 1. The number of amides is 1. The van der Waals surface area contributed by atoms with Crippen molar-refractivity contribution in [2.45, 2.75) is 25.4 Å². The quantitative estimate of drug-likeness (QED) is 0.524. The Morgan fingerprint density at radius 1 is 1.13 bits per heavy atom. The van der Waals surface area contributed by atoms with E-state index in [1.54, 1.807) is 5.38 Å². The maximum Gasteiger partial charge on any atom is 0.326 e. The zero-order chi connectivity index (χ0) is 22.4. The SMILES string of the molecule is CN1CCN(Cc2ccc(-c3nc(CC(=O)NC(CC(=O)O)C(=O)O)cs3)cc2)CC1. The fraction of sp³-hybridized carbons (Fsp3) is 0.429. The molecule has 1 aromatic heterocycles. The lowest BCUT2D eigenvalue weighted by Crippen LogP contribution is -2.43. The second-order valence-corrected chi connectivity index (χ2v) is 8.51. The van der Waals surface area contributed by atoms with Crippen molar-refractivity contribution >= 4 is 29.2 Å². The van der Waals surface area contributed by atoms with Crippen molar-refractivity contribution < 1.29 is 24.6 Å². The van der Waals surface area contributed by atoms with Gasteiger partial charge < -0.3 is 20.4 Å². The molecule has 1 saturated heterocycles. The van der Waals surface area contributed by atoms with Gasteiger partial charge in [0, 0.05) is 43.7 Å². The molecule has 1 aliphatic rings. The summed E-state index contributed by atoms with van der Waals surface area (Å²) in [6.07, 6.45) is -0.786. The van der Waals surface area contributed by atoms with E-state index in [9.17, 15) is 14.4 Å². The van der Waals surface area contributed by atoms with Crippen molar-refractivity contribution in [1.82, 2.24) is 20.1 Å². The molecule has 0 aliphatic carbocycles. The van der Waals surface area contributed by atoms with Gasteiger partial charge in [0.05, 0.1) is 18.5 Å². The minimum Gasteiger partial charge on any atom is -0.481 e. The molecular formula is C21H26N4O5S. The predicted octanol–water partition coefficient (Wildman–Crippen LogP) is 1.14. The summed E-state index contributed by atoms with van der Waals surface area (Å²) in [6, 6.07) is 6.74. The number of piperazine rings is 1. The van der Waals surface area contributed by atoms with Crippen LogP contribution in [0.1, 0.15) is 17.7 Å². The van der Waals surface area contributed by atoms with E-state index in [1.807, 2.05) is 12.1 Å². The number of rotatable bonds is 9. The number of aliphatic carboxylic acids is 2. The first-order valence-electron chi connectivity index (χ1n) is 9.98. The number of carbonyl (C=O) groups excluding carboxylic acids is 1. The summed E-state index contributed by atoms with van der Waals surface area (Å²) in [5.41, 5.74) is 2.70. The lowest BCUT2D eigenvalue weighted by Gasteiger charge is -2.32. The maximum absolute atomic E-state index is 12.1. The molecule has 10 heteroatoms. The topological polar surface area (TPSA) is 123 Å². The average Bonchev–Trinajstić information content (AvgIpc) is 3.17. The molecule has 31 heavy (non-hydrogen) atoms. The first-order chi connectivity index (χ1) is 14.8. The Balaban J connectivity index is 1.55. The van der Waals surface area contributed by atoms with E-state index in [4.69, 9.17) is 10.2 Å². The van der Waals surface area contributed by atoms with Crippen LogP contribution in [0.2, 0.25) is 0 Å². The molecule has 1 aromatic carbocycles. The molecule has 0 saturated carbocycles. The lowest BCUT2D eigenvalue weighted by molar-refractivity contribution is -0.147. The molecule has 0 bridgehead atoms. The number of carboxylic acid groups (broad SMARTS) is 2. The number of benzene rings is 1. The second kappa shape index (κ2) is 10.5.